The highest BCUT2D eigenvalue weighted by Gasteiger charge is 2.24. The lowest BCUT2D eigenvalue weighted by Crippen LogP contribution is -2.26. The van der Waals surface area contributed by atoms with Crippen LogP contribution in [-0.4, -0.2) is 24.8 Å². The Bertz CT molecular complexity index is 698. The molecular weight excluding hydrogens is 314 g/mol. The SMILES string of the molecule is CCS(=O)(=O)c1cc(OC(C)(C)C#N)cnc1N[CH]C(C)(C)C. The van der Waals surface area contributed by atoms with Gasteiger partial charge in [-0.2, -0.15) is 5.26 Å². The van der Waals surface area contributed by atoms with Crippen LogP contribution in [0.3, 0.4) is 0 Å². The molecule has 6 nitrogen and oxygen atoms in total. The fourth-order valence-electron chi connectivity index (χ4n) is 1.59. The molecule has 127 valence electrons. The Hall–Kier alpha value is -1.81. The molecule has 0 saturated heterocycles. The van der Waals surface area contributed by atoms with Crippen molar-refractivity contribution in [3.8, 4) is 11.8 Å². The number of sulfone groups is 1. The number of ether oxygens (including phenoxy) is 1. The fraction of sp³-hybridized carbons (Fsp3) is 0.562. The third-order valence-electron chi connectivity index (χ3n) is 2.83. The number of rotatable bonds is 6. The lowest BCUT2D eigenvalue weighted by Gasteiger charge is -2.21. The Kier molecular flexibility index (Phi) is 5.65. The predicted molar refractivity (Wildman–Crippen MR) is 89.7 cm³/mol. The molecule has 1 N–H and O–H groups in total. The normalized spacial score (nSPS) is 12.6. The quantitative estimate of drug-likeness (QED) is 0.856. The van der Waals surface area contributed by atoms with Crippen LogP contribution in [0.4, 0.5) is 5.82 Å². The van der Waals surface area contributed by atoms with E-state index in [0.717, 1.165) is 0 Å². The summed E-state index contributed by atoms with van der Waals surface area (Å²) in [6.45, 7) is 12.5. The number of anilines is 1. The molecule has 0 unspecified atom stereocenters. The number of nitrogens with zero attached hydrogens (tertiary/aromatic N) is 2. The second kappa shape index (κ2) is 6.75. The molecule has 0 aliphatic carbocycles. The smallest absolute Gasteiger partial charge is 0.188 e. The van der Waals surface area contributed by atoms with Gasteiger partial charge in [-0.15, -0.1) is 0 Å². The van der Waals surface area contributed by atoms with Crippen LogP contribution < -0.4 is 10.1 Å². The minimum atomic E-state index is -3.49. The van der Waals surface area contributed by atoms with E-state index in [4.69, 9.17) is 10.00 Å². The average Bonchev–Trinajstić information content (AvgIpc) is 2.44. The molecule has 0 aliphatic rings. The summed E-state index contributed by atoms with van der Waals surface area (Å²) in [6, 6.07) is 3.41. The summed E-state index contributed by atoms with van der Waals surface area (Å²) in [5, 5.41) is 12.0. The first-order valence-corrected chi connectivity index (χ1v) is 8.99. The van der Waals surface area contributed by atoms with Gasteiger partial charge in [0.1, 0.15) is 22.5 Å². The Balaban J connectivity index is 3.25. The zero-order valence-corrected chi connectivity index (χ0v) is 15.3. The van der Waals surface area contributed by atoms with Crippen LogP contribution in [0.5, 0.6) is 5.75 Å². The van der Waals surface area contributed by atoms with Gasteiger partial charge in [-0.3, -0.25) is 0 Å². The molecule has 23 heavy (non-hydrogen) atoms. The van der Waals surface area contributed by atoms with Crippen LogP contribution in [0, 0.1) is 23.3 Å². The van der Waals surface area contributed by atoms with Gasteiger partial charge < -0.3 is 10.1 Å². The van der Waals surface area contributed by atoms with E-state index >= 15 is 0 Å². The lowest BCUT2D eigenvalue weighted by atomic mass is 9.97. The summed E-state index contributed by atoms with van der Waals surface area (Å²) in [5.74, 6) is 0.443. The number of aromatic nitrogens is 1. The number of hydrogen-bond acceptors (Lipinski definition) is 6. The van der Waals surface area contributed by atoms with Crippen molar-refractivity contribution in [2.75, 3.05) is 11.1 Å². The molecule has 0 aromatic carbocycles. The Morgan fingerprint density at radius 1 is 1.35 bits per heavy atom. The summed E-state index contributed by atoms with van der Waals surface area (Å²) in [6.07, 6.45) is 1.41. The molecule has 1 heterocycles. The maximum absolute atomic E-state index is 12.3. The van der Waals surface area contributed by atoms with Gasteiger partial charge in [0.25, 0.3) is 0 Å². The zero-order valence-electron chi connectivity index (χ0n) is 14.5. The predicted octanol–water partition coefficient (Wildman–Crippen LogP) is 3.18. The highest BCUT2D eigenvalue weighted by molar-refractivity contribution is 7.91. The summed E-state index contributed by atoms with van der Waals surface area (Å²) in [4.78, 5) is 4.22. The third kappa shape index (κ3) is 5.71. The van der Waals surface area contributed by atoms with Crippen molar-refractivity contribution < 1.29 is 13.2 Å². The Labute approximate surface area is 138 Å². The first-order valence-electron chi connectivity index (χ1n) is 7.34. The highest BCUT2D eigenvalue weighted by Crippen LogP contribution is 2.29. The number of nitriles is 1. The average molecular weight is 338 g/mol. The highest BCUT2D eigenvalue weighted by atomic mass is 32.2. The minimum Gasteiger partial charge on any atom is -0.471 e. The maximum atomic E-state index is 12.3. The molecule has 1 rings (SSSR count). The van der Waals surface area contributed by atoms with Crippen molar-refractivity contribution in [2.24, 2.45) is 5.41 Å². The topological polar surface area (TPSA) is 92.1 Å². The number of pyridine rings is 1. The summed E-state index contributed by atoms with van der Waals surface area (Å²) in [5.41, 5.74) is -1.21. The Morgan fingerprint density at radius 2 is 1.96 bits per heavy atom. The lowest BCUT2D eigenvalue weighted by molar-refractivity contribution is 0.169. The van der Waals surface area contributed by atoms with Gasteiger partial charge in [0.15, 0.2) is 15.4 Å². The van der Waals surface area contributed by atoms with Crippen LogP contribution in [-0.2, 0) is 9.84 Å². The van der Waals surface area contributed by atoms with Gasteiger partial charge in [0.2, 0.25) is 0 Å². The van der Waals surface area contributed by atoms with Gasteiger partial charge >= 0.3 is 0 Å². The van der Waals surface area contributed by atoms with Gasteiger partial charge in [0.05, 0.1) is 18.5 Å². The van der Waals surface area contributed by atoms with Gasteiger partial charge in [-0.1, -0.05) is 27.7 Å². The first-order chi connectivity index (χ1) is 10.4. The molecule has 0 atom stereocenters. The van der Waals surface area contributed by atoms with Gasteiger partial charge in [0, 0.05) is 6.07 Å². The van der Waals surface area contributed by atoms with Crippen molar-refractivity contribution in [3.63, 3.8) is 0 Å². The molecule has 0 saturated carbocycles. The van der Waals surface area contributed by atoms with E-state index in [9.17, 15) is 8.42 Å². The van der Waals surface area contributed by atoms with Gasteiger partial charge in [-0.05, 0) is 19.3 Å². The summed E-state index contributed by atoms with van der Waals surface area (Å²) < 4.78 is 30.1. The molecule has 0 spiro atoms. The van der Waals surface area contributed by atoms with E-state index in [2.05, 4.69) is 10.3 Å². The molecule has 0 fully saturated rings. The van der Waals surface area contributed by atoms with E-state index in [0.29, 0.717) is 0 Å². The van der Waals surface area contributed by atoms with Crippen LogP contribution in [0.25, 0.3) is 0 Å². The van der Waals surface area contributed by atoms with Crippen molar-refractivity contribution in [3.05, 3.63) is 18.8 Å². The molecular formula is C16H24N3O3S. The maximum Gasteiger partial charge on any atom is 0.188 e. The standard InChI is InChI=1S/C16H24N3O3S/c1-7-23(20,21)13-8-12(22-16(5,6)10-17)9-18-14(13)19-11-15(2,3)4/h8-9,11H,7H2,1-6H3,(H,18,19). The van der Waals surface area contributed by atoms with E-state index in [-0.39, 0.29) is 27.6 Å². The molecule has 1 radical (unpaired) electrons. The molecule has 0 amide bonds. The van der Waals surface area contributed by atoms with E-state index in [1.165, 1.54) is 12.3 Å². The van der Waals surface area contributed by atoms with Gasteiger partial charge in [-0.25, -0.2) is 13.4 Å². The number of nitrogens with one attached hydrogen (secondary N) is 1. The fourth-order valence-corrected chi connectivity index (χ4v) is 2.60. The third-order valence-corrected chi connectivity index (χ3v) is 4.57. The zero-order chi connectivity index (χ0) is 17.9. The van der Waals surface area contributed by atoms with Crippen molar-refractivity contribution in [1.82, 2.24) is 4.98 Å². The van der Waals surface area contributed by atoms with Crippen molar-refractivity contribution in [1.29, 1.82) is 5.26 Å². The van der Waals surface area contributed by atoms with E-state index in [1.807, 2.05) is 26.8 Å². The summed E-state index contributed by atoms with van der Waals surface area (Å²) >= 11 is 0. The van der Waals surface area contributed by atoms with Crippen LogP contribution >= 0.6 is 0 Å². The monoisotopic (exact) mass is 338 g/mol. The molecule has 0 bridgehead atoms. The second-order valence-electron chi connectivity index (χ2n) is 6.80. The van der Waals surface area contributed by atoms with Crippen LogP contribution in [0.15, 0.2) is 17.2 Å². The van der Waals surface area contributed by atoms with Crippen LogP contribution in [0.2, 0.25) is 0 Å². The second-order valence-corrected chi connectivity index (χ2v) is 9.05. The van der Waals surface area contributed by atoms with Crippen molar-refractivity contribution >= 4 is 15.7 Å². The molecule has 0 aliphatic heterocycles. The summed E-state index contributed by atoms with van der Waals surface area (Å²) in [7, 11) is -3.49. The van der Waals surface area contributed by atoms with Crippen LogP contribution in [0.1, 0.15) is 41.5 Å². The molecule has 7 heteroatoms. The van der Waals surface area contributed by atoms with E-state index < -0.39 is 15.4 Å². The molecule has 1 aromatic heterocycles. The largest absolute Gasteiger partial charge is 0.471 e. The van der Waals surface area contributed by atoms with Crippen molar-refractivity contribution in [2.45, 2.75) is 52.0 Å². The first kappa shape index (κ1) is 19.2. The number of hydrogen-bond donors (Lipinski definition) is 1. The minimum absolute atomic E-state index is 0.0516. The Morgan fingerprint density at radius 3 is 2.43 bits per heavy atom. The van der Waals surface area contributed by atoms with E-state index in [1.54, 1.807) is 27.3 Å². The molecule has 1 aromatic rings.